The fraction of sp³-hybridized carbons (Fsp3) is 0.812. The van der Waals surface area contributed by atoms with Crippen LogP contribution in [0.4, 0.5) is 0 Å². The van der Waals surface area contributed by atoms with Crippen molar-refractivity contribution in [2.45, 2.75) is 70.9 Å². The molecule has 0 amide bonds. The first-order valence-electron chi connectivity index (χ1n) is 8.01. The van der Waals surface area contributed by atoms with Gasteiger partial charge in [0, 0.05) is 18.3 Å². The van der Waals surface area contributed by atoms with Crippen LogP contribution in [0.2, 0.25) is 0 Å². The van der Waals surface area contributed by atoms with E-state index in [1.165, 1.54) is 76.0 Å². The number of piperidine rings is 1. The summed E-state index contributed by atoms with van der Waals surface area (Å²) >= 11 is 0. The van der Waals surface area contributed by atoms with Gasteiger partial charge in [-0.05, 0) is 65.5 Å². The minimum atomic E-state index is 0.787. The highest BCUT2D eigenvalue weighted by molar-refractivity contribution is 5.19. The van der Waals surface area contributed by atoms with Crippen LogP contribution in [0.25, 0.3) is 0 Å². The number of hydrogen-bond acceptors (Lipinski definition) is 2. The molecule has 3 nitrogen and oxygen atoms in total. The Kier molecular flexibility index (Phi) is 3.92. The highest BCUT2D eigenvalue weighted by Crippen LogP contribution is 2.24. The molecule has 0 saturated carbocycles. The summed E-state index contributed by atoms with van der Waals surface area (Å²) in [4.78, 5) is 7.34. The molecule has 0 N–H and O–H groups in total. The standard InChI is InChI=1S/C16H27N3/c1-13-17-15-8-3-4-9-16(15)19(13)12-10-14-7-5-6-11-18(14)2/h14H,3-12H2,1-2H3. The van der Waals surface area contributed by atoms with Crippen molar-refractivity contribution in [3.05, 3.63) is 17.2 Å². The monoisotopic (exact) mass is 261 g/mol. The first-order valence-corrected chi connectivity index (χ1v) is 8.01. The second kappa shape index (κ2) is 5.66. The highest BCUT2D eigenvalue weighted by Gasteiger charge is 2.21. The van der Waals surface area contributed by atoms with Crippen LogP contribution in [-0.4, -0.2) is 34.1 Å². The molecule has 3 heteroatoms. The number of aryl methyl sites for hydroxylation is 2. The Morgan fingerprint density at radius 1 is 1.16 bits per heavy atom. The smallest absolute Gasteiger partial charge is 0.106 e. The average Bonchev–Trinajstić information content (AvgIpc) is 2.74. The predicted octanol–water partition coefficient (Wildman–Crippen LogP) is 2.94. The average molecular weight is 261 g/mol. The number of fused-ring (bicyclic) bond motifs is 1. The molecule has 1 unspecified atom stereocenters. The molecule has 0 spiro atoms. The number of likely N-dealkylation sites (tertiary alicyclic amines) is 1. The molecule has 0 aromatic carbocycles. The largest absolute Gasteiger partial charge is 0.332 e. The van der Waals surface area contributed by atoms with Gasteiger partial charge < -0.3 is 9.47 Å². The van der Waals surface area contributed by atoms with Crippen LogP contribution >= 0.6 is 0 Å². The summed E-state index contributed by atoms with van der Waals surface area (Å²) in [5, 5.41) is 0. The van der Waals surface area contributed by atoms with E-state index in [9.17, 15) is 0 Å². The molecule has 1 aliphatic heterocycles. The third-order valence-corrected chi connectivity index (χ3v) is 5.03. The SMILES string of the molecule is Cc1nc2c(n1CCC1CCCCN1C)CCCC2. The van der Waals surface area contributed by atoms with Gasteiger partial charge in [0.2, 0.25) is 0 Å². The Labute approximate surface area is 117 Å². The van der Waals surface area contributed by atoms with Crippen LogP contribution in [0.3, 0.4) is 0 Å². The number of nitrogens with zero attached hydrogens (tertiary/aromatic N) is 3. The fourth-order valence-electron chi connectivity index (χ4n) is 3.82. The summed E-state index contributed by atoms with van der Waals surface area (Å²) in [7, 11) is 2.29. The molecule has 2 heterocycles. The van der Waals surface area contributed by atoms with E-state index in [0.29, 0.717) is 0 Å². The number of imidazole rings is 1. The van der Waals surface area contributed by atoms with Gasteiger partial charge in [-0.25, -0.2) is 4.98 Å². The van der Waals surface area contributed by atoms with E-state index < -0.39 is 0 Å². The molecular weight excluding hydrogens is 234 g/mol. The molecule has 0 radical (unpaired) electrons. The molecular formula is C16H27N3. The minimum absolute atomic E-state index is 0.787. The van der Waals surface area contributed by atoms with Crippen LogP contribution in [0.5, 0.6) is 0 Å². The van der Waals surface area contributed by atoms with E-state index in [0.717, 1.165) is 6.04 Å². The summed E-state index contributed by atoms with van der Waals surface area (Å²) in [6.45, 7) is 4.64. The van der Waals surface area contributed by atoms with E-state index >= 15 is 0 Å². The summed E-state index contributed by atoms with van der Waals surface area (Å²) < 4.78 is 2.51. The Morgan fingerprint density at radius 3 is 2.84 bits per heavy atom. The molecule has 106 valence electrons. The lowest BCUT2D eigenvalue weighted by Gasteiger charge is -2.32. The van der Waals surface area contributed by atoms with Crippen LogP contribution in [0.1, 0.15) is 55.7 Å². The zero-order valence-electron chi connectivity index (χ0n) is 12.5. The van der Waals surface area contributed by atoms with Crippen LogP contribution < -0.4 is 0 Å². The minimum Gasteiger partial charge on any atom is -0.332 e. The van der Waals surface area contributed by atoms with Gasteiger partial charge in [0.05, 0.1) is 5.69 Å². The topological polar surface area (TPSA) is 21.1 Å². The van der Waals surface area contributed by atoms with Crippen molar-refractivity contribution >= 4 is 0 Å². The molecule has 3 rings (SSSR count). The number of hydrogen-bond donors (Lipinski definition) is 0. The number of rotatable bonds is 3. The zero-order valence-corrected chi connectivity index (χ0v) is 12.5. The lowest BCUT2D eigenvalue weighted by molar-refractivity contribution is 0.170. The second-order valence-corrected chi connectivity index (χ2v) is 6.33. The maximum absolute atomic E-state index is 4.78. The predicted molar refractivity (Wildman–Crippen MR) is 78.5 cm³/mol. The molecule has 1 aliphatic carbocycles. The first kappa shape index (κ1) is 13.2. The third-order valence-electron chi connectivity index (χ3n) is 5.03. The van der Waals surface area contributed by atoms with Crippen LogP contribution in [0, 0.1) is 6.92 Å². The van der Waals surface area contributed by atoms with E-state index in [1.54, 1.807) is 5.69 Å². The molecule has 1 aromatic heterocycles. The van der Waals surface area contributed by atoms with Crippen LogP contribution in [-0.2, 0) is 19.4 Å². The number of aromatic nitrogens is 2. The van der Waals surface area contributed by atoms with Gasteiger partial charge in [-0.2, -0.15) is 0 Å². The van der Waals surface area contributed by atoms with Crippen molar-refractivity contribution in [1.29, 1.82) is 0 Å². The molecule has 1 saturated heterocycles. The zero-order chi connectivity index (χ0) is 13.2. The molecule has 1 atom stereocenters. The third kappa shape index (κ3) is 2.71. The molecule has 19 heavy (non-hydrogen) atoms. The molecule has 1 fully saturated rings. The van der Waals surface area contributed by atoms with E-state index in [-0.39, 0.29) is 0 Å². The van der Waals surface area contributed by atoms with Gasteiger partial charge in [0.25, 0.3) is 0 Å². The van der Waals surface area contributed by atoms with Crippen LogP contribution in [0.15, 0.2) is 0 Å². The summed E-state index contributed by atoms with van der Waals surface area (Å²) in [5.41, 5.74) is 2.93. The molecule has 2 aliphatic rings. The van der Waals surface area contributed by atoms with Crippen molar-refractivity contribution < 1.29 is 0 Å². The molecule has 1 aromatic rings. The Balaban J connectivity index is 1.68. The maximum Gasteiger partial charge on any atom is 0.106 e. The van der Waals surface area contributed by atoms with Gasteiger partial charge in [-0.15, -0.1) is 0 Å². The van der Waals surface area contributed by atoms with Gasteiger partial charge in [0.1, 0.15) is 5.82 Å². The van der Waals surface area contributed by atoms with Gasteiger partial charge >= 0.3 is 0 Å². The van der Waals surface area contributed by atoms with Gasteiger partial charge in [0.15, 0.2) is 0 Å². The Morgan fingerprint density at radius 2 is 2.00 bits per heavy atom. The van der Waals surface area contributed by atoms with Crippen molar-refractivity contribution in [2.75, 3.05) is 13.6 Å². The van der Waals surface area contributed by atoms with Gasteiger partial charge in [-0.3, -0.25) is 0 Å². The second-order valence-electron chi connectivity index (χ2n) is 6.33. The first-order chi connectivity index (χ1) is 9.25. The Bertz CT molecular complexity index is 435. The quantitative estimate of drug-likeness (QED) is 0.834. The normalized spacial score (nSPS) is 24.4. The van der Waals surface area contributed by atoms with Gasteiger partial charge in [-0.1, -0.05) is 6.42 Å². The summed E-state index contributed by atoms with van der Waals surface area (Å²) in [6, 6.07) is 0.787. The van der Waals surface area contributed by atoms with Crippen molar-refractivity contribution in [3.63, 3.8) is 0 Å². The highest BCUT2D eigenvalue weighted by atomic mass is 15.1. The van der Waals surface area contributed by atoms with Crippen molar-refractivity contribution in [2.24, 2.45) is 0 Å². The van der Waals surface area contributed by atoms with E-state index in [4.69, 9.17) is 4.98 Å². The summed E-state index contributed by atoms with van der Waals surface area (Å²) in [6.07, 6.45) is 10.6. The fourth-order valence-corrected chi connectivity index (χ4v) is 3.82. The van der Waals surface area contributed by atoms with Crippen molar-refractivity contribution in [3.8, 4) is 0 Å². The molecule has 0 bridgehead atoms. The van der Waals surface area contributed by atoms with E-state index in [1.807, 2.05) is 0 Å². The van der Waals surface area contributed by atoms with E-state index in [2.05, 4.69) is 23.4 Å². The maximum atomic E-state index is 4.78. The summed E-state index contributed by atoms with van der Waals surface area (Å²) in [5.74, 6) is 1.24. The lowest BCUT2D eigenvalue weighted by atomic mass is 9.99. The van der Waals surface area contributed by atoms with Crippen molar-refractivity contribution in [1.82, 2.24) is 14.5 Å². The Hall–Kier alpha value is -0.830. The lowest BCUT2D eigenvalue weighted by Crippen LogP contribution is -2.37.